The topological polar surface area (TPSA) is 33.7 Å². The third-order valence-corrected chi connectivity index (χ3v) is 4.41. The summed E-state index contributed by atoms with van der Waals surface area (Å²) in [6.07, 6.45) is 5.45. The van der Waals surface area contributed by atoms with Crippen molar-refractivity contribution in [2.24, 2.45) is 0 Å². The predicted molar refractivity (Wildman–Crippen MR) is 72.4 cm³/mol. The molecule has 18 heavy (non-hydrogen) atoms. The fraction of sp³-hybridized carbons (Fsp3) is 1.00. The minimum Gasteiger partial charge on any atom is -0.377 e. The number of piperidine rings is 1. The SMILES string of the molecule is CCOC1CC(NN2C(C)CCCC2C)C1OC. The van der Waals surface area contributed by atoms with Crippen LogP contribution in [0.5, 0.6) is 0 Å². The molecule has 1 heterocycles. The van der Waals surface area contributed by atoms with Crippen LogP contribution >= 0.6 is 0 Å². The second-order valence-electron chi connectivity index (χ2n) is 5.70. The van der Waals surface area contributed by atoms with Crippen molar-refractivity contribution >= 4 is 0 Å². The van der Waals surface area contributed by atoms with E-state index in [2.05, 4.69) is 24.3 Å². The maximum atomic E-state index is 5.67. The van der Waals surface area contributed by atoms with Crippen molar-refractivity contribution in [2.45, 2.75) is 76.8 Å². The van der Waals surface area contributed by atoms with E-state index in [0.29, 0.717) is 18.1 Å². The van der Waals surface area contributed by atoms with Crippen LogP contribution in [0.15, 0.2) is 0 Å². The lowest BCUT2D eigenvalue weighted by atomic mass is 9.85. The van der Waals surface area contributed by atoms with E-state index in [-0.39, 0.29) is 12.2 Å². The van der Waals surface area contributed by atoms with Gasteiger partial charge in [-0.15, -0.1) is 0 Å². The summed E-state index contributed by atoms with van der Waals surface area (Å²) in [6, 6.07) is 1.66. The molecule has 1 saturated heterocycles. The minimum atomic E-state index is 0.200. The van der Waals surface area contributed by atoms with Gasteiger partial charge in [-0.05, 0) is 40.0 Å². The molecule has 4 heteroatoms. The Kier molecular flexibility index (Phi) is 5.01. The molecule has 0 aromatic rings. The second kappa shape index (κ2) is 6.33. The van der Waals surface area contributed by atoms with Crippen LogP contribution in [0, 0.1) is 0 Å². The lowest BCUT2D eigenvalue weighted by Gasteiger charge is -2.49. The maximum Gasteiger partial charge on any atom is 0.100 e. The standard InChI is InChI=1S/C14H28N2O2/c1-5-18-13-9-12(14(13)17-4)15-16-10(2)7-6-8-11(16)3/h10-15H,5-9H2,1-4H3. The number of rotatable bonds is 5. The molecular formula is C14H28N2O2. The molecule has 5 atom stereocenters. The van der Waals surface area contributed by atoms with Gasteiger partial charge < -0.3 is 9.47 Å². The van der Waals surface area contributed by atoms with Crippen LogP contribution in [-0.4, -0.2) is 49.1 Å². The lowest BCUT2D eigenvalue weighted by molar-refractivity contribution is -0.152. The molecule has 1 saturated carbocycles. The lowest BCUT2D eigenvalue weighted by Crippen LogP contribution is -2.66. The average molecular weight is 256 g/mol. The third-order valence-electron chi connectivity index (χ3n) is 4.41. The van der Waals surface area contributed by atoms with Crippen LogP contribution < -0.4 is 5.43 Å². The molecule has 4 nitrogen and oxygen atoms in total. The van der Waals surface area contributed by atoms with Crippen LogP contribution in [0.1, 0.15) is 46.5 Å². The molecule has 1 aliphatic heterocycles. The van der Waals surface area contributed by atoms with Gasteiger partial charge in [0.15, 0.2) is 0 Å². The van der Waals surface area contributed by atoms with Crippen LogP contribution in [0.4, 0.5) is 0 Å². The molecule has 0 aromatic carbocycles. The maximum absolute atomic E-state index is 5.67. The van der Waals surface area contributed by atoms with Gasteiger partial charge in [0.05, 0.1) is 12.1 Å². The molecular weight excluding hydrogens is 228 g/mol. The van der Waals surface area contributed by atoms with Gasteiger partial charge in [-0.2, -0.15) is 0 Å². The van der Waals surface area contributed by atoms with E-state index >= 15 is 0 Å². The Hall–Kier alpha value is -0.160. The summed E-state index contributed by atoms with van der Waals surface area (Å²) in [6.45, 7) is 7.43. The fourth-order valence-electron chi connectivity index (χ4n) is 3.27. The van der Waals surface area contributed by atoms with E-state index in [4.69, 9.17) is 9.47 Å². The van der Waals surface area contributed by atoms with Gasteiger partial charge in [0.25, 0.3) is 0 Å². The number of hydrogen-bond donors (Lipinski definition) is 1. The Bertz CT molecular complexity index is 252. The third kappa shape index (κ3) is 2.87. The molecule has 0 bridgehead atoms. The van der Waals surface area contributed by atoms with Crippen LogP contribution in [0.3, 0.4) is 0 Å². The molecule has 0 aromatic heterocycles. The number of hydrogen-bond acceptors (Lipinski definition) is 4. The molecule has 0 radical (unpaired) electrons. The number of hydrazine groups is 1. The van der Waals surface area contributed by atoms with E-state index in [1.807, 2.05) is 6.92 Å². The molecule has 106 valence electrons. The van der Waals surface area contributed by atoms with Crippen molar-refractivity contribution in [2.75, 3.05) is 13.7 Å². The summed E-state index contributed by atoms with van der Waals surface area (Å²) in [5.74, 6) is 0. The monoisotopic (exact) mass is 256 g/mol. The van der Waals surface area contributed by atoms with Gasteiger partial charge in [-0.1, -0.05) is 6.42 Å². The predicted octanol–water partition coefficient (Wildman–Crippen LogP) is 1.95. The van der Waals surface area contributed by atoms with Crippen molar-refractivity contribution in [3.05, 3.63) is 0 Å². The van der Waals surface area contributed by atoms with Crippen molar-refractivity contribution in [3.8, 4) is 0 Å². The first kappa shape index (κ1) is 14.3. The molecule has 1 N–H and O–H groups in total. The van der Waals surface area contributed by atoms with Crippen LogP contribution in [0.2, 0.25) is 0 Å². The minimum absolute atomic E-state index is 0.200. The summed E-state index contributed by atoms with van der Waals surface area (Å²) in [4.78, 5) is 0. The highest BCUT2D eigenvalue weighted by Crippen LogP contribution is 2.29. The van der Waals surface area contributed by atoms with Crippen LogP contribution in [-0.2, 0) is 9.47 Å². The summed E-state index contributed by atoms with van der Waals surface area (Å²) < 4.78 is 11.2. The summed E-state index contributed by atoms with van der Waals surface area (Å²) in [7, 11) is 1.79. The van der Waals surface area contributed by atoms with Gasteiger partial charge in [0.1, 0.15) is 6.10 Å². The Morgan fingerprint density at radius 3 is 2.44 bits per heavy atom. The number of nitrogens with one attached hydrogen (secondary N) is 1. The molecule has 2 fully saturated rings. The van der Waals surface area contributed by atoms with Crippen LogP contribution in [0.25, 0.3) is 0 Å². The van der Waals surface area contributed by atoms with E-state index < -0.39 is 0 Å². The Labute approximate surface area is 111 Å². The number of nitrogens with zero attached hydrogens (tertiary/aromatic N) is 1. The number of ether oxygens (including phenoxy) is 2. The van der Waals surface area contributed by atoms with Crippen molar-refractivity contribution in [1.82, 2.24) is 10.4 Å². The Morgan fingerprint density at radius 2 is 1.89 bits per heavy atom. The molecule has 1 aliphatic carbocycles. The van der Waals surface area contributed by atoms with Crippen molar-refractivity contribution < 1.29 is 9.47 Å². The van der Waals surface area contributed by atoms with Gasteiger partial charge in [-0.25, -0.2) is 10.4 Å². The van der Waals surface area contributed by atoms with E-state index in [9.17, 15) is 0 Å². The normalized spacial score (nSPS) is 41.7. The quantitative estimate of drug-likeness (QED) is 0.815. The second-order valence-corrected chi connectivity index (χ2v) is 5.70. The molecule has 2 rings (SSSR count). The molecule has 0 spiro atoms. The van der Waals surface area contributed by atoms with Gasteiger partial charge in [-0.3, -0.25) is 0 Å². The van der Waals surface area contributed by atoms with E-state index in [1.54, 1.807) is 7.11 Å². The first-order valence-electron chi connectivity index (χ1n) is 7.36. The summed E-state index contributed by atoms with van der Waals surface area (Å²) >= 11 is 0. The van der Waals surface area contributed by atoms with Crippen molar-refractivity contribution in [3.63, 3.8) is 0 Å². The fourth-order valence-corrected chi connectivity index (χ4v) is 3.27. The highest BCUT2D eigenvalue weighted by molar-refractivity contribution is 4.97. The highest BCUT2D eigenvalue weighted by atomic mass is 16.5. The first-order valence-corrected chi connectivity index (χ1v) is 7.36. The molecule has 2 aliphatic rings. The summed E-state index contributed by atoms with van der Waals surface area (Å²) in [5.41, 5.74) is 3.67. The van der Waals surface area contributed by atoms with Gasteiger partial charge in [0.2, 0.25) is 0 Å². The van der Waals surface area contributed by atoms with Gasteiger partial charge in [0, 0.05) is 25.8 Å². The molecule has 0 amide bonds. The van der Waals surface area contributed by atoms with Gasteiger partial charge >= 0.3 is 0 Å². The zero-order valence-corrected chi connectivity index (χ0v) is 12.2. The van der Waals surface area contributed by atoms with E-state index in [0.717, 1.165) is 13.0 Å². The largest absolute Gasteiger partial charge is 0.377 e. The smallest absolute Gasteiger partial charge is 0.100 e. The molecule has 5 unspecified atom stereocenters. The zero-order valence-electron chi connectivity index (χ0n) is 12.2. The first-order chi connectivity index (χ1) is 8.67. The Morgan fingerprint density at radius 1 is 1.22 bits per heavy atom. The Balaban J connectivity index is 1.85. The van der Waals surface area contributed by atoms with E-state index in [1.165, 1.54) is 19.3 Å². The average Bonchev–Trinajstić information content (AvgIpc) is 2.31. The zero-order chi connectivity index (χ0) is 13.1. The van der Waals surface area contributed by atoms with Crippen molar-refractivity contribution in [1.29, 1.82) is 0 Å². The summed E-state index contributed by atoms with van der Waals surface area (Å²) in [5, 5.41) is 2.43. The number of methoxy groups -OCH3 is 1. The highest BCUT2D eigenvalue weighted by Gasteiger charge is 2.44.